The quantitative estimate of drug-likeness (QED) is 0.356. The SMILES string of the molecule is CCCCCC1CCC(c2ccc(-c3ccc(C4OCC(CCC)CO4)cc3)c(C)c2)CC1. The van der Waals surface area contributed by atoms with Gasteiger partial charge in [-0.15, -0.1) is 0 Å². The third-order valence-electron chi connectivity index (χ3n) is 7.94. The van der Waals surface area contributed by atoms with Gasteiger partial charge in [0.05, 0.1) is 13.2 Å². The summed E-state index contributed by atoms with van der Waals surface area (Å²) in [5.41, 5.74) is 6.68. The summed E-state index contributed by atoms with van der Waals surface area (Å²) in [5.74, 6) is 2.27. The van der Waals surface area contributed by atoms with Gasteiger partial charge in [-0.2, -0.15) is 0 Å². The van der Waals surface area contributed by atoms with E-state index >= 15 is 0 Å². The molecule has 0 spiro atoms. The molecule has 33 heavy (non-hydrogen) atoms. The number of ether oxygens (including phenoxy) is 2. The first-order valence-corrected chi connectivity index (χ1v) is 13.6. The molecule has 2 aromatic rings. The normalized spacial score (nSPS) is 25.8. The van der Waals surface area contributed by atoms with Crippen LogP contribution in [-0.2, 0) is 9.47 Å². The highest BCUT2D eigenvalue weighted by atomic mass is 16.7. The molecule has 0 aromatic heterocycles. The molecule has 2 nitrogen and oxygen atoms in total. The Balaban J connectivity index is 1.34. The van der Waals surface area contributed by atoms with E-state index in [-0.39, 0.29) is 6.29 Å². The topological polar surface area (TPSA) is 18.5 Å². The summed E-state index contributed by atoms with van der Waals surface area (Å²) in [4.78, 5) is 0. The van der Waals surface area contributed by atoms with E-state index in [2.05, 4.69) is 63.2 Å². The number of hydrogen-bond donors (Lipinski definition) is 0. The average molecular weight is 449 g/mol. The summed E-state index contributed by atoms with van der Waals surface area (Å²) < 4.78 is 12.0. The van der Waals surface area contributed by atoms with Gasteiger partial charge in [-0.25, -0.2) is 0 Å². The molecule has 1 heterocycles. The first-order chi connectivity index (χ1) is 16.2. The van der Waals surface area contributed by atoms with Crippen molar-refractivity contribution in [1.82, 2.24) is 0 Å². The summed E-state index contributed by atoms with van der Waals surface area (Å²) in [5, 5.41) is 0. The van der Waals surface area contributed by atoms with Gasteiger partial charge in [0.25, 0.3) is 0 Å². The maximum atomic E-state index is 5.99. The molecule has 0 amide bonds. The predicted octanol–water partition coefficient (Wildman–Crippen LogP) is 8.98. The lowest BCUT2D eigenvalue weighted by Crippen LogP contribution is -2.26. The van der Waals surface area contributed by atoms with Crippen molar-refractivity contribution in [2.24, 2.45) is 11.8 Å². The standard InChI is InChI=1S/C31H44O2/c1-4-6-7-9-24-10-12-26(13-11-24)29-18-19-30(23(3)20-29)27-14-16-28(17-15-27)31-32-21-25(8-5-2)22-33-31/h14-20,24-26,31H,4-13,21-22H2,1-3H3. The zero-order valence-corrected chi connectivity index (χ0v) is 21.2. The maximum Gasteiger partial charge on any atom is 0.183 e. The fourth-order valence-corrected chi connectivity index (χ4v) is 5.86. The molecule has 180 valence electrons. The van der Waals surface area contributed by atoms with Crippen LogP contribution < -0.4 is 0 Å². The molecule has 1 aliphatic carbocycles. The van der Waals surface area contributed by atoms with Gasteiger partial charge < -0.3 is 9.47 Å². The van der Waals surface area contributed by atoms with E-state index in [4.69, 9.17) is 9.47 Å². The van der Waals surface area contributed by atoms with Gasteiger partial charge in [-0.1, -0.05) is 88.4 Å². The number of benzene rings is 2. The van der Waals surface area contributed by atoms with Gasteiger partial charge in [0.15, 0.2) is 6.29 Å². The largest absolute Gasteiger partial charge is 0.348 e. The zero-order valence-electron chi connectivity index (χ0n) is 21.2. The highest BCUT2D eigenvalue weighted by Crippen LogP contribution is 2.39. The van der Waals surface area contributed by atoms with Crippen LogP contribution in [0.25, 0.3) is 11.1 Å². The molecule has 0 unspecified atom stereocenters. The van der Waals surface area contributed by atoms with Crippen molar-refractivity contribution < 1.29 is 9.47 Å². The van der Waals surface area contributed by atoms with Crippen LogP contribution in [0.2, 0.25) is 0 Å². The van der Waals surface area contributed by atoms with Crippen molar-refractivity contribution in [3.63, 3.8) is 0 Å². The van der Waals surface area contributed by atoms with Gasteiger partial charge in [0.1, 0.15) is 0 Å². The second-order valence-electron chi connectivity index (χ2n) is 10.6. The lowest BCUT2D eigenvalue weighted by atomic mass is 9.76. The fourth-order valence-electron chi connectivity index (χ4n) is 5.86. The molecule has 2 aromatic carbocycles. The van der Waals surface area contributed by atoms with Gasteiger partial charge in [0.2, 0.25) is 0 Å². The molecule has 4 rings (SSSR count). The molecule has 0 N–H and O–H groups in total. The molecular formula is C31H44O2. The van der Waals surface area contributed by atoms with Crippen LogP contribution in [-0.4, -0.2) is 13.2 Å². The highest BCUT2D eigenvalue weighted by molar-refractivity contribution is 5.68. The Labute approximate surface area is 202 Å². The van der Waals surface area contributed by atoms with Crippen molar-refractivity contribution >= 4 is 0 Å². The molecule has 1 aliphatic heterocycles. The Morgan fingerprint density at radius 3 is 2.06 bits per heavy atom. The second-order valence-corrected chi connectivity index (χ2v) is 10.6. The second kappa shape index (κ2) is 12.2. The number of rotatable bonds is 9. The van der Waals surface area contributed by atoms with Gasteiger partial charge in [-0.3, -0.25) is 0 Å². The van der Waals surface area contributed by atoms with Crippen LogP contribution >= 0.6 is 0 Å². The first kappa shape index (κ1) is 24.5. The van der Waals surface area contributed by atoms with Crippen LogP contribution in [0.4, 0.5) is 0 Å². The summed E-state index contributed by atoms with van der Waals surface area (Å²) in [6.07, 6.45) is 13.3. The van der Waals surface area contributed by atoms with Gasteiger partial charge >= 0.3 is 0 Å². The molecular weight excluding hydrogens is 404 g/mol. The third-order valence-corrected chi connectivity index (χ3v) is 7.94. The molecule has 1 saturated carbocycles. The zero-order chi connectivity index (χ0) is 23.0. The molecule has 1 saturated heterocycles. The van der Waals surface area contributed by atoms with E-state index in [0.29, 0.717) is 5.92 Å². The average Bonchev–Trinajstić information content (AvgIpc) is 2.85. The predicted molar refractivity (Wildman–Crippen MR) is 138 cm³/mol. The van der Waals surface area contributed by atoms with E-state index in [1.807, 2.05) is 0 Å². The molecule has 0 radical (unpaired) electrons. The molecule has 2 fully saturated rings. The Hall–Kier alpha value is -1.64. The van der Waals surface area contributed by atoms with E-state index in [0.717, 1.165) is 30.6 Å². The van der Waals surface area contributed by atoms with Crippen molar-refractivity contribution in [2.45, 2.75) is 97.2 Å². The van der Waals surface area contributed by atoms with Crippen molar-refractivity contribution in [3.8, 4) is 11.1 Å². The highest BCUT2D eigenvalue weighted by Gasteiger charge is 2.24. The van der Waals surface area contributed by atoms with Gasteiger partial charge in [-0.05, 0) is 73.1 Å². The Bertz CT molecular complexity index is 840. The molecule has 0 bridgehead atoms. The number of hydrogen-bond acceptors (Lipinski definition) is 2. The van der Waals surface area contributed by atoms with Crippen molar-refractivity contribution in [1.29, 1.82) is 0 Å². The summed E-state index contributed by atoms with van der Waals surface area (Å²) >= 11 is 0. The summed E-state index contributed by atoms with van der Waals surface area (Å²) in [6.45, 7) is 8.41. The molecule has 0 atom stereocenters. The Morgan fingerprint density at radius 1 is 0.727 bits per heavy atom. The Kier molecular flexibility index (Phi) is 9.03. The molecule has 2 heteroatoms. The lowest BCUT2D eigenvalue weighted by Gasteiger charge is -2.29. The van der Waals surface area contributed by atoms with E-state index in [9.17, 15) is 0 Å². The van der Waals surface area contributed by atoms with Crippen LogP contribution in [0, 0.1) is 18.8 Å². The van der Waals surface area contributed by atoms with Crippen LogP contribution in [0.5, 0.6) is 0 Å². The molecule has 2 aliphatic rings. The van der Waals surface area contributed by atoms with Crippen molar-refractivity contribution in [2.75, 3.05) is 13.2 Å². The minimum absolute atomic E-state index is 0.215. The van der Waals surface area contributed by atoms with Crippen LogP contribution in [0.15, 0.2) is 42.5 Å². The van der Waals surface area contributed by atoms with Crippen LogP contribution in [0.1, 0.15) is 107 Å². The summed E-state index contributed by atoms with van der Waals surface area (Å²) in [6, 6.07) is 16.0. The lowest BCUT2D eigenvalue weighted by molar-refractivity contribution is -0.206. The maximum absolute atomic E-state index is 5.99. The van der Waals surface area contributed by atoms with Crippen LogP contribution in [0.3, 0.4) is 0 Å². The minimum Gasteiger partial charge on any atom is -0.348 e. The third kappa shape index (κ3) is 6.49. The monoisotopic (exact) mass is 448 g/mol. The van der Waals surface area contributed by atoms with E-state index in [1.54, 1.807) is 5.56 Å². The first-order valence-electron chi connectivity index (χ1n) is 13.6. The van der Waals surface area contributed by atoms with E-state index < -0.39 is 0 Å². The number of unbranched alkanes of at least 4 members (excludes halogenated alkanes) is 2. The summed E-state index contributed by atoms with van der Waals surface area (Å²) in [7, 11) is 0. The fraction of sp³-hybridized carbons (Fsp3) is 0.613. The van der Waals surface area contributed by atoms with Crippen molar-refractivity contribution in [3.05, 3.63) is 59.2 Å². The van der Waals surface area contributed by atoms with Gasteiger partial charge in [0, 0.05) is 11.5 Å². The minimum atomic E-state index is -0.215. The smallest absolute Gasteiger partial charge is 0.183 e. The van der Waals surface area contributed by atoms with E-state index in [1.165, 1.54) is 80.9 Å². The number of aryl methyl sites for hydroxylation is 1. The Morgan fingerprint density at radius 2 is 1.42 bits per heavy atom.